The number of rotatable bonds is 10. The topological polar surface area (TPSA) is 126 Å². The molecular weight excluding hydrogens is 440 g/mol. The summed E-state index contributed by atoms with van der Waals surface area (Å²) in [6.45, 7) is -0.0574. The Bertz CT molecular complexity index is 1140. The fraction of sp³-hybridized carbons (Fsp3) is 0.200. The number of carbonyl (C=O) groups is 2. The second-order valence-electron chi connectivity index (χ2n) is 7.16. The number of fused-ring (bicyclic) bond motifs is 1. The van der Waals surface area contributed by atoms with Crippen molar-refractivity contribution in [3.05, 3.63) is 84.4 Å². The summed E-state index contributed by atoms with van der Waals surface area (Å²) in [5.41, 5.74) is 2.61. The first-order chi connectivity index (χ1) is 16.5. The van der Waals surface area contributed by atoms with Crippen molar-refractivity contribution in [3.8, 4) is 5.75 Å². The number of aliphatic hydroxyl groups is 1. The number of anilines is 1. The van der Waals surface area contributed by atoms with E-state index in [-0.39, 0.29) is 13.2 Å². The number of hydroxylamine groups is 1. The van der Waals surface area contributed by atoms with Crippen LogP contribution in [-0.2, 0) is 14.3 Å². The SMILES string of the molecule is CO[C@H](/C=C/C(=O)NO)[C@H](OC(=O)Nc1cccc2ccccc12)c1cccc(OCCO)c1. The van der Waals surface area contributed by atoms with Crippen LogP contribution in [0.25, 0.3) is 10.8 Å². The van der Waals surface area contributed by atoms with E-state index in [0.29, 0.717) is 17.0 Å². The molecule has 3 rings (SSSR count). The summed E-state index contributed by atoms with van der Waals surface area (Å²) in [5.74, 6) is -0.303. The zero-order chi connectivity index (χ0) is 24.3. The number of amides is 2. The third-order valence-corrected chi connectivity index (χ3v) is 4.93. The average Bonchev–Trinajstić information content (AvgIpc) is 2.87. The smallest absolute Gasteiger partial charge is 0.412 e. The molecule has 178 valence electrons. The summed E-state index contributed by atoms with van der Waals surface area (Å²) in [6, 6.07) is 19.9. The highest BCUT2D eigenvalue weighted by Crippen LogP contribution is 2.29. The second kappa shape index (κ2) is 12.4. The van der Waals surface area contributed by atoms with Crippen molar-refractivity contribution in [2.24, 2.45) is 0 Å². The molecule has 0 unspecified atom stereocenters. The summed E-state index contributed by atoms with van der Waals surface area (Å²) in [4.78, 5) is 24.4. The van der Waals surface area contributed by atoms with Gasteiger partial charge in [0.05, 0.1) is 12.3 Å². The molecule has 0 aliphatic heterocycles. The highest BCUT2D eigenvalue weighted by molar-refractivity contribution is 6.00. The monoisotopic (exact) mass is 466 g/mol. The van der Waals surface area contributed by atoms with Gasteiger partial charge in [-0.15, -0.1) is 0 Å². The quantitative estimate of drug-likeness (QED) is 0.204. The molecule has 0 aliphatic carbocycles. The Morgan fingerprint density at radius 2 is 1.82 bits per heavy atom. The first-order valence-electron chi connectivity index (χ1n) is 10.5. The Kier molecular flexibility index (Phi) is 8.98. The zero-order valence-electron chi connectivity index (χ0n) is 18.5. The van der Waals surface area contributed by atoms with Gasteiger partial charge in [-0.1, -0.05) is 48.5 Å². The molecule has 0 spiro atoms. The van der Waals surface area contributed by atoms with E-state index >= 15 is 0 Å². The molecule has 4 N–H and O–H groups in total. The summed E-state index contributed by atoms with van der Waals surface area (Å²) in [6.07, 6.45) is -0.142. The maximum absolute atomic E-state index is 12.9. The summed E-state index contributed by atoms with van der Waals surface area (Å²) >= 11 is 0. The molecule has 2 atom stereocenters. The van der Waals surface area contributed by atoms with Gasteiger partial charge < -0.3 is 19.3 Å². The van der Waals surface area contributed by atoms with Gasteiger partial charge in [-0.05, 0) is 35.2 Å². The van der Waals surface area contributed by atoms with Crippen LogP contribution < -0.4 is 15.5 Å². The van der Waals surface area contributed by atoms with Crippen LogP contribution in [-0.4, -0.2) is 48.7 Å². The highest BCUT2D eigenvalue weighted by Gasteiger charge is 2.26. The number of hydrogen-bond acceptors (Lipinski definition) is 7. The van der Waals surface area contributed by atoms with Crippen LogP contribution in [0.15, 0.2) is 78.9 Å². The minimum Gasteiger partial charge on any atom is -0.491 e. The van der Waals surface area contributed by atoms with E-state index in [0.717, 1.165) is 16.8 Å². The predicted molar refractivity (Wildman–Crippen MR) is 126 cm³/mol. The lowest BCUT2D eigenvalue weighted by Crippen LogP contribution is -2.27. The highest BCUT2D eigenvalue weighted by atomic mass is 16.6. The van der Waals surface area contributed by atoms with Crippen LogP contribution in [0.1, 0.15) is 11.7 Å². The Morgan fingerprint density at radius 1 is 1.06 bits per heavy atom. The van der Waals surface area contributed by atoms with Gasteiger partial charge in [-0.2, -0.15) is 0 Å². The molecule has 0 aliphatic rings. The lowest BCUT2D eigenvalue weighted by molar-refractivity contribution is -0.124. The van der Waals surface area contributed by atoms with E-state index in [2.05, 4.69) is 5.32 Å². The standard InChI is InChI=1S/C25H26N2O7/c1-32-22(12-13-23(29)27-31)24(18-8-4-9-19(16-18)33-15-14-28)34-25(30)26-21-11-5-7-17-6-2-3-10-20(17)21/h2-13,16,22,24,28,31H,14-15H2,1H3,(H,26,30)(H,27,29)/b13-12+/t22-,24-/m1/s1. The van der Waals surface area contributed by atoms with E-state index in [9.17, 15) is 9.59 Å². The van der Waals surface area contributed by atoms with Crippen molar-refractivity contribution in [1.82, 2.24) is 5.48 Å². The fourth-order valence-electron chi connectivity index (χ4n) is 3.38. The van der Waals surface area contributed by atoms with E-state index in [4.69, 9.17) is 24.5 Å². The Hall–Kier alpha value is -3.92. The summed E-state index contributed by atoms with van der Waals surface area (Å²) in [5, 5.41) is 22.4. The van der Waals surface area contributed by atoms with Crippen LogP contribution in [0.4, 0.5) is 10.5 Å². The second-order valence-corrected chi connectivity index (χ2v) is 7.16. The molecule has 3 aromatic rings. The van der Waals surface area contributed by atoms with Gasteiger partial charge in [0.2, 0.25) is 0 Å². The first-order valence-corrected chi connectivity index (χ1v) is 10.5. The van der Waals surface area contributed by atoms with E-state index in [1.54, 1.807) is 30.3 Å². The summed E-state index contributed by atoms with van der Waals surface area (Å²) < 4.78 is 16.7. The Balaban J connectivity index is 1.88. The predicted octanol–water partition coefficient (Wildman–Crippen LogP) is 3.58. The number of hydrogen-bond donors (Lipinski definition) is 4. The van der Waals surface area contributed by atoms with Crippen LogP contribution in [0.3, 0.4) is 0 Å². The lowest BCUT2D eigenvalue weighted by atomic mass is 10.0. The van der Waals surface area contributed by atoms with Crippen LogP contribution in [0.5, 0.6) is 5.75 Å². The minimum atomic E-state index is -0.972. The summed E-state index contributed by atoms with van der Waals surface area (Å²) in [7, 11) is 1.40. The van der Waals surface area contributed by atoms with Crippen LogP contribution in [0.2, 0.25) is 0 Å². The van der Waals surface area contributed by atoms with E-state index in [1.807, 2.05) is 36.4 Å². The van der Waals surface area contributed by atoms with Crippen molar-refractivity contribution in [2.45, 2.75) is 12.2 Å². The molecule has 0 saturated heterocycles. The molecule has 0 heterocycles. The van der Waals surface area contributed by atoms with E-state index in [1.165, 1.54) is 18.7 Å². The number of ether oxygens (including phenoxy) is 3. The van der Waals surface area contributed by atoms with Gasteiger partial charge in [0.25, 0.3) is 5.91 Å². The largest absolute Gasteiger partial charge is 0.491 e. The van der Waals surface area contributed by atoms with Crippen molar-refractivity contribution >= 4 is 28.5 Å². The number of nitrogens with one attached hydrogen (secondary N) is 2. The lowest BCUT2D eigenvalue weighted by Gasteiger charge is -2.25. The van der Waals surface area contributed by atoms with Gasteiger partial charge in [0, 0.05) is 18.6 Å². The Morgan fingerprint density at radius 3 is 2.59 bits per heavy atom. The number of carbonyl (C=O) groups excluding carboxylic acids is 2. The average molecular weight is 466 g/mol. The molecule has 9 heteroatoms. The van der Waals surface area contributed by atoms with Crippen LogP contribution in [0, 0.1) is 0 Å². The maximum Gasteiger partial charge on any atom is 0.412 e. The minimum absolute atomic E-state index is 0.0980. The van der Waals surface area contributed by atoms with Crippen molar-refractivity contribution < 1.29 is 34.1 Å². The number of benzene rings is 3. The van der Waals surface area contributed by atoms with E-state index < -0.39 is 24.2 Å². The molecule has 0 radical (unpaired) electrons. The van der Waals surface area contributed by atoms with Gasteiger partial charge in [-0.25, -0.2) is 10.3 Å². The third-order valence-electron chi connectivity index (χ3n) is 4.93. The molecule has 0 aromatic heterocycles. The molecule has 34 heavy (non-hydrogen) atoms. The zero-order valence-corrected chi connectivity index (χ0v) is 18.5. The number of aliphatic hydroxyl groups excluding tert-OH is 1. The fourth-order valence-corrected chi connectivity index (χ4v) is 3.38. The molecule has 3 aromatic carbocycles. The first kappa shape index (κ1) is 24.7. The molecule has 0 saturated carbocycles. The van der Waals surface area contributed by atoms with Crippen molar-refractivity contribution in [3.63, 3.8) is 0 Å². The Labute approximate surface area is 196 Å². The molecule has 0 bridgehead atoms. The number of methoxy groups -OCH3 is 1. The van der Waals surface area contributed by atoms with Gasteiger partial charge in [-0.3, -0.25) is 15.3 Å². The van der Waals surface area contributed by atoms with Crippen molar-refractivity contribution in [2.75, 3.05) is 25.6 Å². The van der Waals surface area contributed by atoms with Gasteiger partial charge >= 0.3 is 6.09 Å². The van der Waals surface area contributed by atoms with Crippen molar-refractivity contribution in [1.29, 1.82) is 0 Å². The maximum atomic E-state index is 12.9. The molecule has 2 amide bonds. The van der Waals surface area contributed by atoms with Gasteiger partial charge in [0.15, 0.2) is 6.10 Å². The third kappa shape index (κ3) is 6.55. The normalized spacial score (nSPS) is 12.8. The van der Waals surface area contributed by atoms with Gasteiger partial charge in [0.1, 0.15) is 18.5 Å². The van der Waals surface area contributed by atoms with Crippen LogP contribution >= 0.6 is 0 Å². The molecule has 0 fully saturated rings. The molecular formula is C25H26N2O7. The molecule has 9 nitrogen and oxygen atoms in total.